The predicted molar refractivity (Wildman–Crippen MR) is 42.9 cm³/mol. The van der Waals surface area contributed by atoms with Gasteiger partial charge in [-0.1, -0.05) is 0 Å². The smallest absolute Gasteiger partial charge is 0.0676 e. The normalized spacial score (nSPS) is 14.0. The summed E-state index contributed by atoms with van der Waals surface area (Å²) in [7, 11) is 0. The molecular formula is C2H2Br2S2. The molecule has 4 heteroatoms. The second kappa shape index (κ2) is 3.41. The lowest BCUT2D eigenvalue weighted by molar-refractivity contribution is 2.46. The molecule has 0 aliphatic rings. The zero-order valence-electron chi connectivity index (χ0n) is 2.65. The average molecular weight is 250 g/mol. The van der Waals surface area contributed by atoms with E-state index in [0.717, 1.165) is 0 Å². The topological polar surface area (TPSA) is 0 Å². The van der Waals surface area contributed by atoms with Crippen LogP contribution < -0.4 is 0 Å². The first kappa shape index (κ1) is 7.40. The Morgan fingerprint density at radius 2 is 1.17 bits per heavy atom. The van der Waals surface area contributed by atoms with Gasteiger partial charge >= 0.3 is 0 Å². The molecule has 0 N–H and O–H groups in total. The summed E-state index contributed by atoms with van der Waals surface area (Å²) in [6, 6.07) is 0. The van der Waals surface area contributed by atoms with Crippen LogP contribution in [0.2, 0.25) is 0 Å². The lowest BCUT2D eigenvalue weighted by atomic mass is 11.2. The first-order valence-corrected chi connectivity index (χ1v) is 3.56. The van der Waals surface area contributed by atoms with E-state index in [4.69, 9.17) is 0 Å². The minimum atomic E-state index is 0.714. The SMILES string of the molecule is S/C(Br)=C(\S)Br. The quantitative estimate of drug-likeness (QED) is 0.607. The molecule has 0 saturated heterocycles. The molecule has 0 nitrogen and oxygen atoms in total. The van der Waals surface area contributed by atoms with Gasteiger partial charge < -0.3 is 0 Å². The highest BCUT2D eigenvalue weighted by Crippen LogP contribution is 2.23. The summed E-state index contributed by atoms with van der Waals surface area (Å²) < 4.78 is 1.43. The number of hydrogen-bond donors (Lipinski definition) is 2. The maximum absolute atomic E-state index is 3.87. The predicted octanol–water partition coefficient (Wildman–Crippen LogP) is 2.76. The lowest BCUT2D eigenvalue weighted by Crippen LogP contribution is -1.46. The maximum atomic E-state index is 3.87. The van der Waals surface area contributed by atoms with E-state index in [-0.39, 0.29) is 0 Å². The van der Waals surface area contributed by atoms with Crippen molar-refractivity contribution in [3.8, 4) is 0 Å². The largest absolute Gasteiger partial charge is 0.134 e. The Hall–Kier alpha value is 1.40. The lowest BCUT2D eigenvalue weighted by Gasteiger charge is -1.80. The Labute approximate surface area is 64.5 Å². The molecule has 0 atom stereocenters. The Morgan fingerprint density at radius 3 is 1.17 bits per heavy atom. The van der Waals surface area contributed by atoms with E-state index in [2.05, 4.69) is 57.1 Å². The highest BCUT2D eigenvalue weighted by molar-refractivity contribution is 9.16. The first-order chi connectivity index (χ1) is 2.64. The van der Waals surface area contributed by atoms with Crippen LogP contribution in [0.25, 0.3) is 0 Å². The van der Waals surface area contributed by atoms with Gasteiger partial charge in [0.2, 0.25) is 0 Å². The molecule has 0 aromatic carbocycles. The van der Waals surface area contributed by atoms with Crippen LogP contribution in [0.5, 0.6) is 0 Å². The highest BCUT2D eigenvalue weighted by Gasteiger charge is 1.82. The van der Waals surface area contributed by atoms with Gasteiger partial charge in [0.25, 0.3) is 0 Å². The molecular weight excluding hydrogens is 248 g/mol. The van der Waals surface area contributed by atoms with Gasteiger partial charge in [-0.15, -0.1) is 25.3 Å². The fourth-order valence-corrected chi connectivity index (χ4v) is 0. The fourth-order valence-electron chi connectivity index (χ4n) is 0. The van der Waals surface area contributed by atoms with E-state index in [1.807, 2.05) is 0 Å². The molecule has 0 heterocycles. The van der Waals surface area contributed by atoms with Crippen LogP contribution in [0.4, 0.5) is 0 Å². The fraction of sp³-hybridized carbons (Fsp3) is 0. The van der Waals surface area contributed by atoms with Crippen LogP contribution in [0.1, 0.15) is 0 Å². The van der Waals surface area contributed by atoms with Crippen LogP contribution >= 0.6 is 57.1 Å². The summed E-state index contributed by atoms with van der Waals surface area (Å²) in [6.45, 7) is 0. The Balaban J connectivity index is 3.68. The van der Waals surface area contributed by atoms with Gasteiger partial charge in [0.05, 0.1) is 7.63 Å². The van der Waals surface area contributed by atoms with Gasteiger partial charge in [-0.2, -0.15) is 0 Å². The molecule has 0 spiro atoms. The van der Waals surface area contributed by atoms with Gasteiger partial charge in [0.15, 0.2) is 0 Å². The molecule has 0 rings (SSSR count). The summed E-state index contributed by atoms with van der Waals surface area (Å²) in [5, 5.41) is 0. The summed E-state index contributed by atoms with van der Waals surface area (Å²) in [6.07, 6.45) is 0. The second-order valence-electron chi connectivity index (χ2n) is 0.582. The van der Waals surface area contributed by atoms with E-state index in [9.17, 15) is 0 Å². The number of halogens is 2. The molecule has 6 heavy (non-hydrogen) atoms. The van der Waals surface area contributed by atoms with E-state index in [1.54, 1.807) is 0 Å². The Kier molecular flexibility index (Phi) is 4.20. The molecule has 0 fully saturated rings. The van der Waals surface area contributed by atoms with Gasteiger partial charge in [0.1, 0.15) is 0 Å². The number of thiol groups is 2. The van der Waals surface area contributed by atoms with E-state index in [0.29, 0.717) is 7.63 Å². The number of rotatable bonds is 0. The van der Waals surface area contributed by atoms with Crippen LogP contribution in [0.3, 0.4) is 0 Å². The van der Waals surface area contributed by atoms with Crippen LogP contribution in [-0.4, -0.2) is 0 Å². The summed E-state index contributed by atoms with van der Waals surface area (Å²) >= 11 is 13.9. The first-order valence-electron chi connectivity index (χ1n) is 1.08. The monoisotopic (exact) mass is 248 g/mol. The third-order valence-corrected chi connectivity index (χ3v) is 2.73. The summed E-state index contributed by atoms with van der Waals surface area (Å²) in [5.74, 6) is 0. The van der Waals surface area contributed by atoms with Crippen molar-refractivity contribution in [3.05, 3.63) is 7.63 Å². The zero-order valence-corrected chi connectivity index (χ0v) is 7.61. The van der Waals surface area contributed by atoms with E-state index >= 15 is 0 Å². The van der Waals surface area contributed by atoms with Crippen molar-refractivity contribution in [3.63, 3.8) is 0 Å². The van der Waals surface area contributed by atoms with Crippen LogP contribution in [0, 0.1) is 0 Å². The summed E-state index contributed by atoms with van der Waals surface area (Å²) in [4.78, 5) is 0. The average Bonchev–Trinajstić information content (AvgIpc) is 1.36. The third kappa shape index (κ3) is 3.59. The summed E-state index contributed by atoms with van der Waals surface area (Å²) in [5.41, 5.74) is 0. The minimum absolute atomic E-state index is 0.714. The molecule has 0 aromatic heterocycles. The molecule has 0 bridgehead atoms. The van der Waals surface area contributed by atoms with Crippen molar-refractivity contribution >= 4 is 57.1 Å². The standard InChI is InChI=1S/C2H2Br2S2/c3-1(5)2(4)6/h5-6H/b2-1-. The van der Waals surface area contributed by atoms with Crippen molar-refractivity contribution in [1.82, 2.24) is 0 Å². The van der Waals surface area contributed by atoms with Gasteiger partial charge in [-0.3, -0.25) is 0 Å². The minimum Gasteiger partial charge on any atom is -0.134 e. The van der Waals surface area contributed by atoms with Crippen molar-refractivity contribution in [2.45, 2.75) is 0 Å². The van der Waals surface area contributed by atoms with Gasteiger partial charge in [-0.25, -0.2) is 0 Å². The van der Waals surface area contributed by atoms with Crippen molar-refractivity contribution in [2.75, 3.05) is 0 Å². The molecule has 0 unspecified atom stereocenters. The molecule has 0 amide bonds. The molecule has 0 saturated carbocycles. The number of hydrogen-bond acceptors (Lipinski definition) is 2. The highest BCUT2D eigenvalue weighted by atomic mass is 79.9. The van der Waals surface area contributed by atoms with Crippen molar-refractivity contribution in [2.24, 2.45) is 0 Å². The third-order valence-electron chi connectivity index (χ3n) is 0.170. The Bertz CT molecular complexity index is 59.6. The van der Waals surface area contributed by atoms with Crippen molar-refractivity contribution < 1.29 is 0 Å². The van der Waals surface area contributed by atoms with Crippen LogP contribution in [0.15, 0.2) is 7.63 Å². The van der Waals surface area contributed by atoms with E-state index in [1.165, 1.54) is 0 Å². The molecule has 0 aliphatic carbocycles. The molecule has 0 aliphatic heterocycles. The molecule has 0 radical (unpaired) electrons. The second-order valence-corrected chi connectivity index (χ2v) is 4.29. The van der Waals surface area contributed by atoms with Gasteiger partial charge in [0, 0.05) is 0 Å². The Morgan fingerprint density at radius 1 is 1.00 bits per heavy atom. The zero-order chi connectivity index (χ0) is 5.15. The van der Waals surface area contributed by atoms with Crippen LogP contribution in [-0.2, 0) is 0 Å². The maximum Gasteiger partial charge on any atom is 0.0676 e. The molecule has 36 valence electrons. The molecule has 0 aromatic rings. The van der Waals surface area contributed by atoms with Gasteiger partial charge in [-0.05, 0) is 31.9 Å². The van der Waals surface area contributed by atoms with Crippen molar-refractivity contribution in [1.29, 1.82) is 0 Å². The van der Waals surface area contributed by atoms with E-state index < -0.39 is 0 Å².